The van der Waals surface area contributed by atoms with Crippen molar-refractivity contribution in [2.45, 2.75) is 79.3 Å². The number of carbonyl (C=O) groups is 4. The molecule has 10 nitrogen and oxygen atoms in total. The molecule has 37 heavy (non-hydrogen) atoms. The van der Waals surface area contributed by atoms with E-state index in [9.17, 15) is 19.2 Å². The van der Waals surface area contributed by atoms with E-state index in [0.29, 0.717) is 36.8 Å². The van der Waals surface area contributed by atoms with Gasteiger partial charge in [0.05, 0.1) is 39.3 Å². The van der Waals surface area contributed by atoms with Gasteiger partial charge < -0.3 is 29.6 Å². The summed E-state index contributed by atoms with van der Waals surface area (Å²) in [4.78, 5) is 49.0. The van der Waals surface area contributed by atoms with E-state index < -0.39 is 36.0 Å². The summed E-state index contributed by atoms with van der Waals surface area (Å²) in [5.41, 5.74) is -0.0496. The van der Waals surface area contributed by atoms with E-state index in [2.05, 4.69) is 24.5 Å². The van der Waals surface area contributed by atoms with Crippen molar-refractivity contribution < 1.29 is 38.1 Å². The fraction of sp³-hybridized carbons (Fsp3) is 0.852. The summed E-state index contributed by atoms with van der Waals surface area (Å²) in [6.45, 7) is 13.7. The van der Waals surface area contributed by atoms with Crippen LogP contribution in [0.2, 0.25) is 0 Å². The van der Waals surface area contributed by atoms with Gasteiger partial charge in [0.15, 0.2) is 0 Å². The summed E-state index contributed by atoms with van der Waals surface area (Å²) in [6, 6.07) is -1.47. The Morgan fingerprint density at radius 3 is 1.73 bits per heavy atom. The van der Waals surface area contributed by atoms with Crippen LogP contribution in [-0.2, 0) is 38.1 Å². The molecule has 0 spiro atoms. The van der Waals surface area contributed by atoms with Crippen molar-refractivity contribution in [2.24, 2.45) is 29.1 Å². The Morgan fingerprint density at radius 1 is 0.784 bits per heavy atom. The fourth-order valence-corrected chi connectivity index (χ4v) is 6.08. The summed E-state index contributed by atoms with van der Waals surface area (Å²) in [5, 5.41) is 6.59. The topological polar surface area (TPSA) is 129 Å². The molecule has 2 saturated carbocycles. The van der Waals surface area contributed by atoms with Crippen molar-refractivity contribution in [1.29, 1.82) is 0 Å². The lowest BCUT2D eigenvalue weighted by Crippen LogP contribution is -2.50. The molecule has 2 bridgehead atoms. The van der Waals surface area contributed by atoms with E-state index in [1.165, 1.54) is 0 Å². The molecular weight excluding hydrogens is 480 g/mol. The Hall–Kier alpha value is -2.20. The lowest BCUT2D eigenvalue weighted by atomic mass is 9.65. The van der Waals surface area contributed by atoms with Crippen LogP contribution in [0.15, 0.2) is 0 Å². The standard InChI is InChI=1S/C27H46N2O8/c1-7-34-23(30)13-21(25(32)36-9-3)28-15-18-11-19-12-20(18)17(5)27(19,6)16-29-22(26(33)37-10-4)14-24(31)35-8-2/h17-22,28-29H,7-16H2,1-6H3. The molecule has 0 radical (unpaired) electrons. The Morgan fingerprint density at radius 2 is 1.27 bits per heavy atom. The molecule has 2 N–H and O–H groups in total. The second-order valence-corrected chi connectivity index (χ2v) is 10.3. The van der Waals surface area contributed by atoms with E-state index >= 15 is 0 Å². The third kappa shape index (κ3) is 8.14. The van der Waals surface area contributed by atoms with E-state index in [1.807, 2.05) is 0 Å². The highest BCUT2D eigenvalue weighted by molar-refractivity contribution is 5.83. The van der Waals surface area contributed by atoms with Crippen molar-refractivity contribution in [3.8, 4) is 0 Å². The molecule has 2 aliphatic rings. The molecule has 10 heteroatoms. The van der Waals surface area contributed by atoms with Gasteiger partial charge in [0, 0.05) is 6.54 Å². The minimum Gasteiger partial charge on any atom is -0.466 e. The second-order valence-electron chi connectivity index (χ2n) is 10.3. The van der Waals surface area contributed by atoms with E-state index in [4.69, 9.17) is 18.9 Å². The lowest BCUT2D eigenvalue weighted by molar-refractivity contribution is -0.152. The van der Waals surface area contributed by atoms with Gasteiger partial charge in [-0.1, -0.05) is 13.8 Å². The van der Waals surface area contributed by atoms with Crippen LogP contribution in [0, 0.1) is 29.1 Å². The predicted octanol–water partition coefficient (Wildman–Crippen LogP) is 2.23. The van der Waals surface area contributed by atoms with Crippen LogP contribution in [0.4, 0.5) is 0 Å². The van der Waals surface area contributed by atoms with Crippen molar-refractivity contribution in [3.05, 3.63) is 0 Å². The van der Waals surface area contributed by atoms with Crippen molar-refractivity contribution in [3.63, 3.8) is 0 Å². The Balaban J connectivity index is 1.99. The molecule has 7 unspecified atom stereocenters. The largest absolute Gasteiger partial charge is 0.466 e. The first-order valence-electron chi connectivity index (χ1n) is 13.7. The monoisotopic (exact) mass is 526 g/mol. The van der Waals surface area contributed by atoms with Crippen LogP contribution < -0.4 is 10.6 Å². The predicted molar refractivity (Wildman–Crippen MR) is 136 cm³/mol. The molecule has 0 heterocycles. The maximum absolute atomic E-state index is 12.5. The highest BCUT2D eigenvalue weighted by Gasteiger charge is 2.57. The molecule has 2 fully saturated rings. The highest BCUT2D eigenvalue weighted by Crippen LogP contribution is 2.61. The van der Waals surface area contributed by atoms with Crippen LogP contribution in [-0.4, -0.2) is 75.5 Å². The molecule has 212 valence electrons. The van der Waals surface area contributed by atoms with Crippen molar-refractivity contribution in [1.82, 2.24) is 10.6 Å². The van der Waals surface area contributed by atoms with Gasteiger partial charge in [0.25, 0.3) is 0 Å². The molecule has 2 aliphatic carbocycles. The van der Waals surface area contributed by atoms with Crippen LogP contribution >= 0.6 is 0 Å². The molecule has 2 rings (SSSR count). The van der Waals surface area contributed by atoms with Gasteiger partial charge >= 0.3 is 23.9 Å². The summed E-state index contributed by atoms with van der Waals surface area (Å²) in [5.74, 6) is -0.119. The SMILES string of the molecule is CCOC(=O)CC(NCC1CC2CC1C(C)C2(C)CNC(CC(=O)OCC)C(=O)OCC)C(=O)OCC. The van der Waals surface area contributed by atoms with Gasteiger partial charge in [-0.05, 0) is 76.2 Å². The molecule has 7 atom stereocenters. The number of hydrogen-bond donors (Lipinski definition) is 2. The zero-order valence-corrected chi connectivity index (χ0v) is 23.3. The minimum absolute atomic E-state index is 0.0496. The molecule has 0 amide bonds. The van der Waals surface area contributed by atoms with Gasteiger partial charge in [-0.15, -0.1) is 0 Å². The Bertz CT molecular complexity index is 786. The van der Waals surface area contributed by atoms with Gasteiger partial charge in [0.2, 0.25) is 0 Å². The van der Waals surface area contributed by atoms with E-state index in [0.717, 1.165) is 12.8 Å². The third-order valence-corrected chi connectivity index (χ3v) is 8.21. The zero-order valence-electron chi connectivity index (χ0n) is 23.3. The average molecular weight is 527 g/mol. The first-order valence-corrected chi connectivity index (χ1v) is 13.7. The van der Waals surface area contributed by atoms with Crippen LogP contribution in [0.1, 0.15) is 67.2 Å². The van der Waals surface area contributed by atoms with Gasteiger partial charge in [0.1, 0.15) is 12.1 Å². The number of nitrogens with one attached hydrogen (secondary N) is 2. The maximum atomic E-state index is 12.5. The smallest absolute Gasteiger partial charge is 0.323 e. The zero-order chi connectivity index (χ0) is 27.6. The number of carbonyl (C=O) groups excluding carboxylic acids is 4. The van der Waals surface area contributed by atoms with Gasteiger partial charge in [-0.25, -0.2) is 0 Å². The van der Waals surface area contributed by atoms with Crippen LogP contribution in [0.25, 0.3) is 0 Å². The number of rotatable bonds is 16. The van der Waals surface area contributed by atoms with Gasteiger partial charge in [-0.2, -0.15) is 0 Å². The number of hydrogen-bond acceptors (Lipinski definition) is 10. The second kappa shape index (κ2) is 14.7. The molecule has 0 aliphatic heterocycles. The highest BCUT2D eigenvalue weighted by atomic mass is 16.5. The maximum Gasteiger partial charge on any atom is 0.323 e. The minimum atomic E-state index is -0.743. The van der Waals surface area contributed by atoms with Crippen LogP contribution in [0.3, 0.4) is 0 Å². The van der Waals surface area contributed by atoms with E-state index in [1.54, 1.807) is 27.7 Å². The summed E-state index contributed by atoms with van der Waals surface area (Å²) in [6.07, 6.45) is 1.93. The molecule has 0 aromatic heterocycles. The summed E-state index contributed by atoms with van der Waals surface area (Å²) in [7, 11) is 0. The summed E-state index contributed by atoms with van der Waals surface area (Å²) >= 11 is 0. The average Bonchev–Trinajstić information content (AvgIpc) is 3.37. The third-order valence-electron chi connectivity index (χ3n) is 8.21. The normalized spacial score (nSPS) is 27.8. The molecule has 0 aromatic carbocycles. The fourth-order valence-electron chi connectivity index (χ4n) is 6.08. The number of ether oxygens (including phenoxy) is 4. The van der Waals surface area contributed by atoms with Crippen molar-refractivity contribution in [2.75, 3.05) is 39.5 Å². The van der Waals surface area contributed by atoms with E-state index in [-0.39, 0.29) is 44.7 Å². The Labute approximate surface area is 220 Å². The molecular formula is C27H46N2O8. The number of esters is 4. The van der Waals surface area contributed by atoms with Gasteiger partial charge in [-0.3, -0.25) is 19.2 Å². The lowest BCUT2D eigenvalue weighted by Gasteiger charge is -2.43. The summed E-state index contributed by atoms with van der Waals surface area (Å²) < 4.78 is 20.4. The quantitative estimate of drug-likeness (QED) is 0.228. The first kappa shape index (κ1) is 31.0. The molecule has 0 aromatic rings. The Kier molecular flexibility index (Phi) is 12.3. The van der Waals surface area contributed by atoms with Crippen LogP contribution in [0.5, 0.6) is 0 Å². The van der Waals surface area contributed by atoms with Crippen molar-refractivity contribution >= 4 is 23.9 Å². The molecule has 0 saturated heterocycles. The number of fused-ring (bicyclic) bond motifs is 2. The first-order chi connectivity index (χ1) is 17.6.